The highest BCUT2D eigenvalue weighted by molar-refractivity contribution is 5.40. The summed E-state index contributed by atoms with van der Waals surface area (Å²) < 4.78 is 0. The number of hydrogen-bond acceptors (Lipinski definition) is 5. The van der Waals surface area contributed by atoms with Gasteiger partial charge in [0, 0.05) is 48.2 Å². The van der Waals surface area contributed by atoms with Gasteiger partial charge in [-0.2, -0.15) is 5.10 Å². The van der Waals surface area contributed by atoms with Crippen molar-refractivity contribution in [3.63, 3.8) is 0 Å². The van der Waals surface area contributed by atoms with Gasteiger partial charge in [-0.1, -0.05) is 0 Å². The zero-order chi connectivity index (χ0) is 15.5. The van der Waals surface area contributed by atoms with Crippen LogP contribution in [-0.2, 0) is 13.2 Å². The van der Waals surface area contributed by atoms with Gasteiger partial charge < -0.3 is 10.2 Å². The second kappa shape index (κ2) is 6.46. The van der Waals surface area contributed by atoms with Crippen LogP contribution in [0, 0.1) is 6.92 Å². The quantitative estimate of drug-likeness (QED) is 0.800. The first kappa shape index (κ1) is 15.0. The van der Waals surface area contributed by atoms with Crippen LogP contribution in [0.15, 0.2) is 18.5 Å². The molecule has 0 aromatic carbocycles. The molecule has 1 atom stereocenters. The van der Waals surface area contributed by atoms with Crippen LogP contribution in [0.25, 0.3) is 0 Å². The summed E-state index contributed by atoms with van der Waals surface area (Å²) in [5.74, 6) is 0.647. The fourth-order valence-corrected chi connectivity index (χ4v) is 3.17. The first-order valence-electron chi connectivity index (χ1n) is 7.68. The molecule has 6 nitrogen and oxygen atoms in total. The van der Waals surface area contributed by atoms with Crippen molar-refractivity contribution in [1.82, 2.24) is 20.1 Å². The average Bonchev–Trinajstić information content (AvgIpc) is 3.07. The van der Waals surface area contributed by atoms with Crippen LogP contribution in [0.4, 0.5) is 0 Å². The van der Waals surface area contributed by atoms with E-state index in [2.05, 4.69) is 20.1 Å². The predicted molar refractivity (Wildman–Crippen MR) is 82.4 cm³/mol. The van der Waals surface area contributed by atoms with E-state index < -0.39 is 0 Å². The van der Waals surface area contributed by atoms with Crippen LogP contribution in [0.5, 0.6) is 5.75 Å². The third kappa shape index (κ3) is 2.98. The van der Waals surface area contributed by atoms with E-state index in [0.29, 0.717) is 23.7 Å². The number of aromatic nitrogens is 3. The van der Waals surface area contributed by atoms with Gasteiger partial charge in [0.25, 0.3) is 0 Å². The molecule has 0 unspecified atom stereocenters. The molecule has 1 aliphatic heterocycles. The van der Waals surface area contributed by atoms with E-state index in [1.165, 1.54) is 5.69 Å². The number of likely N-dealkylation sites (tertiary alicyclic amines) is 1. The molecule has 2 aromatic rings. The summed E-state index contributed by atoms with van der Waals surface area (Å²) in [7, 11) is 0. The van der Waals surface area contributed by atoms with Crippen LogP contribution in [0.2, 0.25) is 0 Å². The van der Waals surface area contributed by atoms with E-state index in [1.807, 2.05) is 6.07 Å². The summed E-state index contributed by atoms with van der Waals surface area (Å²) in [6.45, 7) is 4.23. The Morgan fingerprint density at radius 1 is 1.45 bits per heavy atom. The second-order valence-electron chi connectivity index (χ2n) is 5.94. The summed E-state index contributed by atoms with van der Waals surface area (Å²) in [4.78, 5) is 6.44. The smallest absolute Gasteiger partial charge is 0.141 e. The van der Waals surface area contributed by atoms with Crippen molar-refractivity contribution in [2.45, 2.75) is 38.8 Å². The van der Waals surface area contributed by atoms with Crippen molar-refractivity contribution in [3.05, 3.63) is 41.0 Å². The van der Waals surface area contributed by atoms with Crippen LogP contribution in [0.3, 0.4) is 0 Å². The van der Waals surface area contributed by atoms with Crippen molar-refractivity contribution in [2.24, 2.45) is 0 Å². The van der Waals surface area contributed by atoms with Crippen LogP contribution < -0.4 is 0 Å². The standard InChI is InChI=1S/C16H22N4O2/c1-11-16(22)14(13(10-21)7-17-11)9-20-6-2-3-12(8-20)15-4-5-18-19-15/h4-5,7,12,21-22H,2-3,6,8-10H2,1H3,(H,18,19)/t12-/m0/s1. The van der Waals surface area contributed by atoms with Gasteiger partial charge in [0.2, 0.25) is 0 Å². The molecule has 22 heavy (non-hydrogen) atoms. The van der Waals surface area contributed by atoms with Gasteiger partial charge in [0.15, 0.2) is 0 Å². The largest absolute Gasteiger partial charge is 0.506 e. The molecule has 118 valence electrons. The number of aliphatic hydroxyl groups excluding tert-OH is 1. The van der Waals surface area contributed by atoms with E-state index in [9.17, 15) is 10.2 Å². The summed E-state index contributed by atoms with van der Waals surface area (Å²) in [6, 6.07) is 2.03. The van der Waals surface area contributed by atoms with E-state index >= 15 is 0 Å². The molecule has 0 amide bonds. The number of piperidine rings is 1. The number of H-pyrrole nitrogens is 1. The highest BCUT2D eigenvalue weighted by atomic mass is 16.3. The van der Waals surface area contributed by atoms with E-state index in [0.717, 1.165) is 31.5 Å². The van der Waals surface area contributed by atoms with Crippen LogP contribution in [0.1, 0.15) is 41.3 Å². The van der Waals surface area contributed by atoms with Gasteiger partial charge in [-0.3, -0.25) is 15.0 Å². The number of aryl methyl sites for hydroxylation is 1. The van der Waals surface area contributed by atoms with Gasteiger partial charge in [-0.05, 0) is 32.4 Å². The summed E-state index contributed by atoms with van der Waals surface area (Å²) in [6.07, 6.45) is 5.70. The van der Waals surface area contributed by atoms with E-state index in [-0.39, 0.29) is 12.4 Å². The second-order valence-corrected chi connectivity index (χ2v) is 5.94. The lowest BCUT2D eigenvalue weighted by Gasteiger charge is -2.32. The van der Waals surface area contributed by atoms with E-state index in [4.69, 9.17) is 0 Å². The number of nitrogens with zero attached hydrogens (tertiary/aromatic N) is 3. The third-order valence-corrected chi connectivity index (χ3v) is 4.45. The number of rotatable bonds is 4. The molecule has 0 spiro atoms. The fourth-order valence-electron chi connectivity index (χ4n) is 3.17. The van der Waals surface area contributed by atoms with Gasteiger partial charge >= 0.3 is 0 Å². The molecule has 3 rings (SSSR count). The van der Waals surface area contributed by atoms with Crippen molar-refractivity contribution < 1.29 is 10.2 Å². The highest BCUT2D eigenvalue weighted by Crippen LogP contribution is 2.30. The summed E-state index contributed by atoms with van der Waals surface area (Å²) in [5, 5.41) is 26.8. The maximum atomic E-state index is 10.3. The molecular formula is C16H22N4O2. The number of pyridine rings is 1. The predicted octanol–water partition coefficient (Wildman–Crippen LogP) is 1.69. The monoisotopic (exact) mass is 302 g/mol. The minimum absolute atomic E-state index is 0.103. The molecule has 1 fully saturated rings. The minimum Gasteiger partial charge on any atom is -0.506 e. The molecule has 3 heterocycles. The van der Waals surface area contributed by atoms with Crippen molar-refractivity contribution in [3.8, 4) is 5.75 Å². The number of hydrogen-bond donors (Lipinski definition) is 3. The molecule has 1 aliphatic rings. The van der Waals surface area contributed by atoms with Gasteiger partial charge in [-0.15, -0.1) is 0 Å². The van der Waals surface area contributed by atoms with Gasteiger partial charge in [-0.25, -0.2) is 0 Å². The Morgan fingerprint density at radius 3 is 3.05 bits per heavy atom. The first-order chi connectivity index (χ1) is 10.7. The summed E-state index contributed by atoms with van der Waals surface area (Å²) in [5.41, 5.74) is 3.27. The highest BCUT2D eigenvalue weighted by Gasteiger charge is 2.24. The molecule has 3 N–H and O–H groups in total. The lowest BCUT2D eigenvalue weighted by Crippen LogP contribution is -2.34. The molecule has 2 aromatic heterocycles. The van der Waals surface area contributed by atoms with Crippen molar-refractivity contribution in [1.29, 1.82) is 0 Å². The number of aromatic amines is 1. The molecule has 0 radical (unpaired) electrons. The Morgan fingerprint density at radius 2 is 2.32 bits per heavy atom. The molecule has 1 saturated heterocycles. The third-order valence-electron chi connectivity index (χ3n) is 4.45. The maximum absolute atomic E-state index is 10.3. The lowest BCUT2D eigenvalue weighted by atomic mass is 9.94. The Balaban J connectivity index is 1.77. The zero-order valence-electron chi connectivity index (χ0n) is 12.8. The Bertz CT molecular complexity index is 627. The zero-order valence-corrected chi connectivity index (χ0v) is 12.8. The topological polar surface area (TPSA) is 85.3 Å². The number of nitrogens with one attached hydrogen (secondary N) is 1. The Hall–Kier alpha value is -1.92. The van der Waals surface area contributed by atoms with Crippen LogP contribution in [-0.4, -0.2) is 43.4 Å². The van der Waals surface area contributed by atoms with Gasteiger partial charge in [0.05, 0.1) is 12.3 Å². The lowest BCUT2D eigenvalue weighted by molar-refractivity contribution is 0.193. The molecule has 0 aliphatic carbocycles. The number of aromatic hydroxyl groups is 1. The van der Waals surface area contributed by atoms with Crippen molar-refractivity contribution in [2.75, 3.05) is 13.1 Å². The van der Waals surface area contributed by atoms with Gasteiger partial charge in [0.1, 0.15) is 5.75 Å². The Labute approximate surface area is 129 Å². The Kier molecular flexibility index (Phi) is 4.40. The SMILES string of the molecule is Cc1ncc(CO)c(CN2CCC[C@H](c3ccn[nH]3)C2)c1O. The molecule has 0 saturated carbocycles. The average molecular weight is 302 g/mol. The normalized spacial score (nSPS) is 19.5. The maximum Gasteiger partial charge on any atom is 0.141 e. The minimum atomic E-state index is -0.103. The van der Waals surface area contributed by atoms with Crippen molar-refractivity contribution >= 4 is 0 Å². The fraction of sp³-hybridized carbons (Fsp3) is 0.500. The van der Waals surface area contributed by atoms with Crippen LogP contribution >= 0.6 is 0 Å². The summed E-state index contributed by atoms with van der Waals surface area (Å²) >= 11 is 0. The molecule has 0 bridgehead atoms. The number of aliphatic hydroxyl groups is 1. The molecule has 6 heteroatoms. The molecular weight excluding hydrogens is 280 g/mol. The first-order valence-corrected chi connectivity index (χ1v) is 7.68. The van der Waals surface area contributed by atoms with E-state index in [1.54, 1.807) is 19.3 Å².